The Hall–Kier alpha value is -1.33. The molecule has 1 saturated heterocycles. The summed E-state index contributed by atoms with van der Waals surface area (Å²) in [5, 5.41) is 3.49. The van der Waals surface area contributed by atoms with E-state index in [1.807, 2.05) is 18.3 Å². The zero-order valence-electron chi connectivity index (χ0n) is 12.9. The number of anilines is 1. The summed E-state index contributed by atoms with van der Waals surface area (Å²) in [5.41, 5.74) is 1.97. The van der Waals surface area contributed by atoms with E-state index in [1.165, 1.54) is 0 Å². The van der Waals surface area contributed by atoms with E-state index < -0.39 is 0 Å². The minimum atomic E-state index is -0.226. The van der Waals surface area contributed by atoms with E-state index >= 15 is 0 Å². The average Bonchev–Trinajstić information content (AvgIpc) is 2.38. The van der Waals surface area contributed by atoms with Crippen molar-refractivity contribution in [2.45, 2.75) is 32.7 Å². The first-order valence-electron chi connectivity index (χ1n) is 7.11. The van der Waals surface area contributed by atoms with Gasteiger partial charge in [-0.05, 0) is 32.9 Å². The SMILES string of the molecule is CCOC(=O)Cc1ccc(N2CCNC(C)(C)C2)cn1.Cl. The maximum absolute atomic E-state index is 11.4. The van der Waals surface area contributed by atoms with Gasteiger partial charge in [-0.1, -0.05) is 0 Å². The Kier molecular flexibility index (Phi) is 6.42. The number of ether oxygens (including phenoxy) is 1. The van der Waals surface area contributed by atoms with Gasteiger partial charge < -0.3 is 15.0 Å². The smallest absolute Gasteiger partial charge is 0.311 e. The second-order valence-electron chi connectivity index (χ2n) is 5.72. The molecule has 2 rings (SSSR count). The molecule has 0 saturated carbocycles. The molecule has 1 aliphatic rings. The van der Waals surface area contributed by atoms with Crippen molar-refractivity contribution in [2.75, 3.05) is 31.1 Å². The number of carbonyl (C=O) groups excluding carboxylic acids is 1. The molecule has 0 aromatic carbocycles. The molecule has 2 heterocycles. The summed E-state index contributed by atoms with van der Waals surface area (Å²) < 4.78 is 4.92. The summed E-state index contributed by atoms with van der Waals surface area (Å²) in [5.74, 6) is -0.226. The number of halogens is 1. The molecule has 1 fully saturated rings. The number of rotatable bonds is 4. The van der Waals surface area contributed by atoms with Crippen LogP contribution in [0.4, 0.5) is 5.69 Å². The van der Waals surface area contributed by atoms with Crippen LogP contribution in [-0.4, -0.2) is 42.7 Å². The number of esters is 1. The van der Waals surface area contributed by atoms with Gasteiger partial charge in [-0.15, -0.1) is 12.4 Å². The molecule has 21 heavy (non-hydrogen) atoms. The summed E-state index contributed by atoms with van der Waals surface area (Å²) >= 11 is 0. The fraction of sp³-hybridized carbons (Fsp3) is 0.600. The first-order valence-corrected chi connectivity index (χ1v) is 7.11. The van der Waals surface area contributed by atoms with Gasteiger partial charge in [0.2, 0.25) is 0 Å². The quantitative estimate of drug-likeness (QED) is 0.859. The van der Waals surface area contributed by atoms with Crippen molar-refractivity contribution in [3.8, 4) is 0 Å². The zero-order chi connectivity index (χ0) is 14.6. The maximum Gasteiger partial charge on any atom is 0.311 e. The summed E-state index contributed by atoms with van der Waals surface area (Å²) in [6, 6.07) is 3.93. The molecule has 0 spiro atoms. The molecule has 0 radical (unpaired) electrons. The second-order valence-corrected chi connectivity index (χ2v) is 5.72. The Balaban J connectivity index is 0.00000220. The van der Waals surface area contributed by atoms with Gasteiger partial charge in [-0.2, -0.15) is 0 Å². The topological polar surface area (TPSA) is 54.5 Å². The number of hydrogen-bond donors (Lipinski definition) is 1. The monoisotopic (exact) mass is 313 g/mol. The molecule has 0 unspecified atom stereocenters. The number of aromatic nitrogens is 1. The van der Waals surface area contributed by atoms with Gasteiger partial charge in [0, 0.05) is 25.2 Å². The lowest BCUT2D eigenvalue weighted by Crippen LogP contribution is -2.57. The normalized spacial score (nSPS) is 17.0. The highest BCUT2D eigenvalue weighted by atomic mass is 35.5. The van der Waals surface area contributed by atoms with E-state index in [-0.39, 0.29) is 30.3 Å². The Bertz CT molecular complexity index is 462. The van der Waals surface area contributed by atoms with Gasteiger partial charge in [-0.25, -0.2) is 0 Å². The van der Waals surface area contributed by atoms with Crippen LogP contribution in [0.25, 0.3) is 0 Å². The van der Waals surface area contributed by atoms with E-state index in [1.54, 1.807) is 6.92 Å². The summed E-state index contributed by atoms with van der Waals surface area (Å²) in [6.45, 7) is 9.50. The highest BCUT2D eigenvalue weighted by Crippen LogP contribution is 2.19. The van der Waals surface area contributed by atoms with Crippen LogP contribution in [0.3, 0.4) is 0 Å². The van der Waals surface area contributed by atoms with Crippen LogP contribution in [0, 0.1) is 0 Å². The molecule has 1 aromatic rings. The zero-order valence-corrected chi connectivity index (χ0v) is 13.7. The lowest BCUT2D eigenvalue weighted by Gasteiger charge is -2.40. The number of carbonyl (C=O) groups is 1. The van der Waals surface area contributed by atoms with Crippen LogP contribution in [0.5, 0.6) is 0 Å². The summed E-state index contributed by atoms with van der Waals surface area (Å²) in [4.78, 5) is 18.1. The third kappa shape index (κ3) is 5.17. The van der Waals surface area contributed by atoms with Crippen LogP contribution in [0.1, 0.15) is 26.5 Å². The Labute approximate surface area is 132 Å². The molecule has 0 aliphatic carbocycles. The van der Waals surface area contributed by atoms with Crippen molar-refractivity contribution in [3.05, 3.63) is 24.0 Å². The van der Waals surface area contributed by atoms with Crippen LogP contribution < -0.4 is 10.2 Å². The van der Waals surface area contributed by atoms with Crippen molar-refractivity contribution in [2.24, 2.45) is 0 Å². The molecule has 118 valence electrons. The molecular formula is C15H24ClN3O2. The molecule has 1 aliphatic heterocycles. The molecule has 0 atom stereocenters. The van der Waals surface area contributed by atoms with Crippen molar-refractivity contribution < 1.29 is 9.53 Å². The van der Waals surface area contributed by atoms with E-state index in [2.05, 4.69) is 29.0 Å². The number of hydrogen-bond acceptors (Lipinski definition) is 5. The lowest BCUT2D eigenvalue weighted by molar-refractivity contribution is -0.142. The highest BCUT2D eigenvalue weighted by molar-refractivity contribution is 5.85. The maximum atomic E-state index is 11.4. The van der Waals surface area contributed by atoms with Crippen molar-refractivity contribution >= 4 is 24.1 Å². The third-order valence-electron chi connectivity index (χ3n) is 3.38. The second kappa shape index (κ2) is 7.61. The first-order chi connectivity index (χ1) is 9.50. The number of pyridine rings is 1. The van der Waals surface area contributed by atoms with Crippen molar-refractivity contribution in [1.82, 2.24) is 10.3 Å². The predicted molar refractivity (Wildman–Crippen MR) is 86.1 cm³/mol. The fourth-order valence-corrected chi connectivity index (χ4v) is 2.43. The van der Waals surface area contributed by atoms with Gasteiger partial charge in [-0.3, -0.25) is 9.78 Å². The summed E-state index contributed by atoms with van der Waals surface area (Å²) in [7, 11) is 0. The number of nitrogens with zero attached hydrogens (tertiary/aromatic N) is 2. The van der Waals surface area contributed by atoms with Crippen LogP contribution in [-0.2, 0) is 16.0 Å². The molecule has 0 bridgehead atoms. The Morgan fingerprint density at radius 1 is 1.48 bits per heavy atom. The van der Waals surface area contributed by atoms with E-state index in [9.17, 15) is 4.79 Å². The van der Waals surface area contributed by atoms with Gasteiger partial charge in [0.25, 0.3) is 0 Å². The fourth-order valence-electron chi connectivity index (χ4n) is 2.43. The number of piperazine rings is 1. The lowest BCUT2D eigenvalue weighted by atomic mass is 10.0. The van der Waals surface area contributed by atoms with Crippen molar-refractivity contribution in [3.63, 3.8) is 0 Å². The van der Waals surface area contributed by atoms with E-state index in [4.69, 9.17) is 4.74 Å². The number of nitrogens with one attached hydrogen (secondary N) is 1. The standard InChI is InChI=1S/C15H23N3O2.ClH/c1-4-20-14(19)9-12-5-6-13(10-16-12)18-8-7-17-15(2,3)11-18;/h5-6,10,17H,4,7-9,11H2,1-3H3;1H. The first kappa shape index (κ1) is 17.7. The van der Waals surface area contributed by atoms with Gasteiger partial charge in [0.1, 0.15) is 0 Å². The minimum absolute atomic E-state index is 0. The Morgan fingerprint density at radius 3 is 2.81 bits per heavy atom. The summed E-state index contributed by atoms with van der Waals surface area (Å²) in [6.07, 6.45) is 2.08. The van der Waals surface area contributed by atoms with Crippen LogP contribution in [0.2, 0.25) is 0 Å². The predicted octanol–water partition coefficient (Wildman–Crippen LogP) is 1.80. The van der Waals surface area contributed by atoms with Gasteiger partial charge in [0.15, 0.2) is 0 Å². The molecule has 6 heteroatoms. The van der Waals surface area contributed by atoms with Crippen molar-refractivity contribution in [1.29, 1.82) is 0 Å². The van der Waals surface area contributed by atoms with E-state index in [0.717, 1.165) is 31.0 Å². The van der Waals surface area contributed by atoms with Gasteiger partial charge in [0.05, 0.1) is 30.6 Å². The van der Waals surface area contributed by atoms with Gasteiger partial charge >= 0.3 is 5.97 Å². The highest BCUT2D eigenvalue weighted by Gasteiger charge is 2.25. The molecule has 1 aromatic heterocycles. The molecule has 1 N–H and O–H groups in total. The molecule has 5 nitrogen and oxygen atoms in total. The molecular weight excluding hydrogens is 290 g/mol. The Morgan fingerprint density at radius 2 is 2.24 bits per heavy atom. The molecule has 0 amide bonds. The average molecular weight is 314 g/mol. The van der Waals surface area contributed by atoms with Crippen LogP contribution in [0.15, 0.2) is 18.3 Å². The third-order valence-corrected chi connectivity index (χ3v) is 3.38. The van der Waals surface area contributed by atoms with E-state index in [0.29, 0.717) is 6.61 Å². The largest absolute Gasteiger partial charge is 0.466 e. The van der Waals surface area contributed by atoms with Crippen LogP contribution >= 0.6 is 12.4 Å². The minimum Gasteiger partial charge on any atom is -0.466 e.